The predicted octanol–water partition coefficient (Wildman–Crippen LogP) is 0.509. The first-order valence-electron chi connectivity index (χ1n) is 3.62. The van der Waals surface area contributed by atoms with Crippen LogP contribution >= 0.6 is 0 Å². The number of hydrazine groups is 1. The zero-order valence-corrected chi connectivity index (χ0v) is 7.22. The van der Waals surface area contributed by atoms with E-state index in [4.69, 9.17) is 10.6 Å². The standard InChI is InChI=1S/C7H18N2O/c1-5(2)7(10-4)6(3)9-8/h5-7,9H,8H2,1-4H3. The van der Waals surface area contributed by atoms with E-state index in [9.17, 15) is 0 Å². The molecular formula is C7H18N2O. The van der Waals surface area contributed by atoms with Gasteiger partial charge in [0.15, 0.2) is 0 Å². The van der Waals surface area contributed by atoms with E-state index < -0.39 is 0 Å². The molecule has 3 N–H and O–H groups in total. The van der Waals surface area contributed by atoms with Gasteiger partial charge in [0.2, 0.25) is 0 Å². The van der Waals surface area contributed by atoms with Crippen LogP contribution in [0.25, 0.3) is 0 Å². The van der Waals surface area contributed by atoms with Gasteiger partial charge in [-0.25, -0.2) is 0 Å². The van der Waals surface area contributed by atoms with Gasteiger partial charge < -0.3 is 4.74 Å². The van der Waals surface area contributed by atoms with Crippen LogP contribution < -0.4 is 11.3 Å². The third kappa shape index (κ3) is 2.64. The van der Waals surface area contributed by atoms with Crippen molar-refractivity contribution in [3.63, 3.8) is 0 Å². The van der Waals surface area contributed by atoms with E-state index in [0.717, 1.165) is 0 Å². The van der Waals surface area contributed by atoms with Crippen LogP contribution in [0.3, 0.4) is 0 Å². The van der Waals surface area contributed by atoms with Gasteiger partial charge in [-0.1, -0.05) is 13.8 Å². The Bertz CT molecular complexity index is 85.7. The van der Waals surface area contributed by atoms with Crippen molar-refractivity contribution >= 4 is 0 Å². The molecule has 2 atom stereocenters. The Morgan fingerprint density at radius 2 is 1.80 bits per heavy atom. The number of rotatable bonds is 4. The Labute approximate surface area is 62.9 Å². The van der Waals surface area contributed by atoms with Crippen molar-refractivity contribution in [1.29, 1.82) is 0 Å². The summed E-state index contributed by atoms with van der Waals surface area (Å²) in [6, 6.07) is 0.213. The molecule has 0 heterocycles. The van der Waals surface area contributed by atoms with Crippen LogP contribution in [0.4, 0.5) is 0 Å². The van der Waals surface area contributed by atoms with Crippen molar-refractivity contribution in [2.24, 2.45) is 11.8 Å². The summed E-state index contributed by atoms with van der Waals surface area (Å²) in [5, 5.41) is 0. The van der Waals surface area contributed by atoms with E-state index in [-0.39, 0.29) is 12.1 Å². The van der Waals surface area contributed by atoms with Gasteiger partial charge in [0.05, 0.1) is 6.10 Å². The summed E-state index contributed by atoms with van der Waals surface area (Å²) in [7, 11) is 1.71. The van der Waals surface area contributed by atoms with Crippen molar-refractivity contribution in [3.8, 4) is 0 Å². The quantitative estimate of drug-likeness (QED) is 0.449. The third-order valence-corrected chi connectivity index (χ3v) is 1.68. The smallest absolute Gasteiger partial charge is 0.0757 e. The summed E-state index contributed by atoms with van der Waals surface area (Å²) >= 11 is 0. The molecule has 2 unspecified atom stereocenters. The van der Waals surface area contributed by atoms with Gasteiger partial charge in [-0.05, 0) is 12.8 Å². The summed E-state index contributed by atoms with van der Waals surface area (Å²) in [6.07, 6.45) is 0.199. The number of hydrogen-bond donors (Lipinski definition) is 2. The molecule has 0 saturated heterocycles. The molecule has 0 aliphatic heterocycles. The molecule has 0 spiro atoms. The molecule has 0 aromatic carbocycles. The molecule has 10 heavy (non-hydrogen) atoms. The van der Waals surface area contributed by atoms with Crippen LogP contribution in [0.15, 0.2) is 0 Å². The highest BCUT2D eigenvalue weighted by Gasteiger charge is 2.18. The molecule has 3 nitrogen and oxygen atoms in total. The van der Waals surface area contributed by atoms with E-state index in [1.807, 2.05) is 6.92 Å². The molecular weight excluding hydrogens is 128 g/mol. The molecule has 0 aromatic heterocycles. The fourth-order valence-corrected chi connectivity index (χ4v) is 1.15. The number of nitrogens with two attached hydrogens (primary N) is 1. The highest BCUT2D eigenvalue weighted by molar-refractivity contribution is 4.72. The predicted molar refractivity (Wildman–Crippen MR) is 42.4 cm³/mol. The normalized spacial score (nSPS) is 17.4. The Balaban J connectivity index is 3.80. The van der Waals surface area contributed by atoms with Gasteiger partial charge in [0.1, 0.15) is 0 Å². The lowest BCUT2D eigenvalue weighted by Crippen LogP contribution is -2.44. The highest BCUT2D eigenvalue weighted by Crippen LogP contribution is 2.08. The minimum Gasteiger partial charge on any atom is -0.380 e. The van der Waals surface area contributed by atoms with Crippen LogP contribution in [0.1, 0.15) is 20.8 Å². The molecule has 3 heteroatoms. The van der Waals surface area contributed by atoms with Crippen molar-refractivity contribution in [2.45, 2.75) is 32.9 Å². The molecule has 0 fully saturated rings. The fourth-order valence-electron chi connectivity index (χ4n) is 1.15. The molecule has 0 saturated carbocycles. The first kappa shape index (κ1) is 9.88. The van der Waals surface area contributed by atoms with Crippen LogP contribution in [-0.4, -0.2) is 19.3 Å². The van der Waals surface area contributed by atoms with E-state index >= 15 is 0 Å². The van der Waals surface area contributed by atoms with E-state index in [1.54, 1.807) is 7.11 Å². The van der Waals surface area contributed by atoms with Gasteiger partial charge in [0, 0.05) is 13.2 Å². The monoisotopic (exact) mass is 146 g/mol. The maximum absolute atomic E-state index is 5.26. The van der Waals surface area contributed by atoms with E-state index in [2.05, 4.69) is 19.3 Å². The Kier molecular flexibility index (Phi) is 4.60. The maximum atomic E-state index is 5.26. The second-order valence-electron chi connectivity index (χ2n) is 2.90. The Hall–Kier alpha value is -0.120. The van der Waals surface area contributed by atoms with Crippen LogP contribution in [0.2, 0.25) is 0 Å². The molecule has 0 rings (SSSR count). The van der Waals surface area contributed by atoms with Crippen molar-refractivity contribution in [3.05, 3.63) is 0 Å². The molecule has 62 valence electrons. The summed E-state index contributed by atoms with van der Waals surface area (Å²) < 4.78 is 5.22. The summed E-state index contributed by atoms with van der Waals surface area (Å²) in [5.74, 6) is 5.75. The van der Waals surface area contributed by atoms with Gasteiger partial charge in [-0.3, -0.25) is 11.3 Å². The summed E-state index contributed by atoms with van der Waals surface area (Å²) in [5.41, 5.74) is 2.67. The number of methoxy groups -OCH3 is 1. The minimum absolute atomic E-state index is 0.199. The van der Waals surface area contributed by atoms with Crippen molar-refractivity contribution in [1.82, 2.24) is 5.43 Å². The minimum atomic E-state index is 0.199. The molecule has 0 aliphatic carbocycles. The van der Waals surface area contributed by atoms with E-state index in [1.165, 1.54) is 0 Å². The molecule has 0 aromatic rings. The maximum Gasteiger partial charge on any atom is 0.0757 e. The molecule has 0 amide bonds. The lowest BCUT2D eigenvalue weighted by atomic mass is 10.0. The van der Waals surface area contributed by atoms with Gasteiger partial charge in [-0.2, -0.15) is 0 Å². The largest absolute Gasteiger partial charge is 0.380 e. The average Bonchev–Trinajstić information content (AvgIpc) is 1.88. The average molecular weight is 146 g/mol. The zero-order chi connectivity index (χ0) is 8.15. The summed E-state index contributed by atoms with van der Waals surface area (Å²) in [6.45, 7) is 6.23. The lowest BCUT2D eigenvalue weighted by Gasteiger charge is -2.25. The molecule has 0 radical (unpaired) electrons. The molecule has 0 bridgehead atoms. The topological polar surface area (TPSA) is 47.3 Å². The number of ether oxygens (including phenoxy) is 1. The third-order valence-electron chi connectivity index (χ3n) is 1.68. The Morgan fingerprint density at radius 3 is 1.90 bits per heavy atom. The zero-order valence-electron chi connectivity index (χ0n) is 7.22. The van der Waals surface area contributed by atoms with E-state index in [0.29, 0.717) is 5.92 Å². The van der Waals surface area contributed by atoms with Crippen LogP contribution in [0, 0.1) is 5.92 Å². The van der Waals surface area contributed by atoms with Crippen LogP contribution in [-0.2, 0) is 4.74 Å². The van der Waals surface area contributed by atoms with Gasteiger partial charge in [-0.15, -0.1) is 0 Å². The SMILES string of the molecule is COC(C(C)C)C(C)NN. The second-order valence-corrected chi connectivity index (χ2v) is 2.90. The van der Waals surface area contributed by atoms with Crippen LogP contribution in [0.5, 0.6) is 0 Å². The second kappa shape index (κ2) is 4.66. The first-order chi connectivity index (χ1) is 4.63. The first-order valence-corrected chi connectivity index (χ1v) is 3.62. The van der Waals surface area contributed by atoms with Gasteiger partial charge in [0.25, 0.3) is 0 Å². The van der Waals surface area contributed by atoms with Gasteiger partial charge >= 0.3 is 0 Å². The fraction of sp³-hybridized carbons (Fsp3) is 1.00. The molecule has 0 aliphatic rings. The van der Waals surface area contributed by atoms with Crippen molar-refractivity contribution < 1.29 is 4.74 Å². The highest BCUT2D eigenvalue weighted by atomic mass is 16.5. The number of nitrogens with one attached hydrogen (secondary N) is 1. The van der Waals surface area contributed by atoms with Crippen molar-refractivity contribution in [2.75, 3.05) is 7.11 Å². The lowest BCUT2D eigenvalue weighted by molar-refractivity contribution is 0.0384. The summed E-state index contributed by atoms with van der Waals surface area (Å²) in [4.78, 5) is 0. The number of hydrogen-bond acceptors (Lipinski definition) is 3. The Morgan fingerprint density at radius 1 is 1.30 bits per heavy atom.